The van der Waals surface area contributed by atoms with Crippen LogP contribution < -0.4 is 11.1 Å². The van der Waals surface area contributed by atoms with Crippen molar-refractivity contribution in [2.45, 2.75) is 19.8 Å². The lowest BCUT2D eigenvalue weighted by Gasteiger charge is -2.09. The number of esters is 1. The molecular weight excluding hydrogens is 341 g/mol. The molecule has 9 heteroatoms. The van der Waals surface area contributed by atoms with E-state index in [4.69, 9.17) is 45.3 Å². The number of nitrogens with one attached hydrogen (secondary N) is 1. The van der Waals surface area contributed by atoms with Crippen LogP contribution in [-0.4, -0.2) is 30.0 Å². The third-order valence-corrected chi connectivity index (χ3v) is 3.59. The second kappa shape index (κ2) is 8.26. The summed E-state index contributed by atoms with van der Waals surface area (Å²) in [6.45, 7) is 2.07. The first kappa shape index (κ1) is 17.8. The first-order valence-corrected chi connectivity index (χ1v) is 7.25. The van der Waals surface area contributed by atoms with Crippen LogP contribution in [0.2, 0.25) is 15.2 Å². The van der Waals surface area contributed by atoms with Gasteiger partial charge in [0.05, 0.1) is 10.7 Å². The fourth-order valence-electron chi connectivity index (χ4n) is 1.32. The second-order valence-corrected chi connectivity index (χ2v) is 5.19. The number of ether oxygens (including phenoxy) is 1. The zero-order valence-electron chi connectivity index (χ0n) is 11.2. The summed E-state index contributed by atoms with van der Waals surface area (Å²) >= 11 is 17.3. The van der Waals surface area contributed by atoms with E-state index in [1.165, 1.54) is 0 Å². The van der Waals surface area contributed by atoms with Gasteiger partial charge in [0.1, 0.15) is 5.02 Å². The van der Waals surface area contributed by atoms with Crippen molar-refractivity contribution >= 4 is 52.4 Å². The Balaban J connectivity index is 2.67. The smallest absolute Gasteiger partial charge is 0.359 e. The maximum atomic E-state index is 11.8. The van der Waals surface area contributed by atoms with E-state index in [1.807, 2.05) is 6.92 Å². The number of rotatable bonds is 6. The maximum Gasteiger partial charge on any atom is 0.359 e. The number of carbonyl (C=O) groups excluding carboxylic acids is 2. The summed E-state index contributed by atoms with van der Waals surface area (Å²) in [7, 11) is 0. The lowest BCUT2D eigenvalue weighted by Crippen LogP contribution is -2.29. The van der Waals surface area contributed by atoms with E-state index in [1.54, 1.807) is 0 Å². The number of carbonyl (C=O) groups is 2. The minimum absolute atomic E-state index is 0.0458. The van der Waals surface area contributed by atoms with Crippen LogP contribution in [0.4, 0.5) is 5.69 Å². The molecule has 0 aliphatic carbocycles. The van der Waals surface area contributed by atoms with Crippen LogP contribution >= 0.6 is 34.8 Å². The van der Waals surface area contributed by atoms with Crippen molar-refractivity contribution in [3.8, 4) is 0 Å². The Kier molecular flexibility index (Phi) is 7.01. The first-order chi connectivity index (χ1) is 9.88. The highest BCUT2D eigenvalue weighted by molar-refractivity contribution is 6.46. The van der Waals surface area contributed by atoms with Crippen LogP contribution in [0.3, 0.4) is 0 Å². The average molecular weight is 355 g/mol. The van der Waals surface area contributed by atoms with Gasteiger partial charge >= 0.3 is 5.97 Å². The quantitative estimate of drug-likeness (QED) is 0.465. The second-order valence-electron chi connectivity index (χ2n) is 4.07. The monoisotopic (exact) mass is 353 g/mol. The third-order valence-electron chi connectivity index (χ3n) is 2.45. The summed E-state index contributed by atoms with van der Waals surface area (Å²) in [6, 6.07) is 0. The highest BCUT2D eigenvalue weighted by Gasteiger charge is 2.21. The number of nitrogens with two attached hydrogens (primary N) is 1. The largest absolute Gasteiger partial charge is 0.451 e. The van der Waals surface area contributed by atoms with Crippen molar-refractivity contribution in [1.82, 2.24) is 10.3 Å². The summed E-state index contributed by atoms with van der Waals surface area (Å²) in [5.74, 6) is -1.32. The molecule has 6 nitrogen and oxygen atoms in total. The Bertz CT molecular complexity index is 552. The molecule has 0 saturated heterocycles. The fraction of sp³-hybridized carbons (Fsp3) is 0.417. The number of hydrogen-bond acceptors (Lipinski definition) is 5. The number of anilines is 1. The van der Waals surface area contributed by atoms with Crippen molar-refractivity contribution < 1.29 is 14.3 Å². The van der Waals surface area contributed by atoms with E-state index in [0.717, 1.165) is 12.8 Å². The van der Waals surface area contributed by atoms with E-state index >= 15 is 0 Å². The predicted octanol–water partition coefficient (Wildman–Crippen LogP) is 2.70. The topological polar surface area (TPSA) is 94.3 Å². The minimum Gasteiger partial charge on any atom is -0.451 e. The number of hydrogen-bond donors (Lipinski definition) is 2. The van der Waals surface area contributed by atoms with Gasteiger partial charge in [-0.15, -0.1) is 0 Å². The van der Waals surface area contributed by atoms with Gasteiger partial charge in [0.2, 0.25) is 0 Å². The van der Waals surface area contributed by atoms with E-state index in [-0.39, 0.29) is 26.6 Å². The van der Waals surface area contributed by atoms with Crippen molar-refractivity contribution in [3.05, 3.63) is 20.9 Å². The molecule has 0 unspecified atom stereocenters. The number of nitrogen functional groups attached to an aromatic ring is 1. The fourth-order valence-corrected chi connectivity index (χ4v) is 1.91. The van der Waals surface area contributed by atoms with Crippen molar-refractivity contribution in [1.29, 1.82) is 0 Å². The number of unbranched alkanes of at least 4 members (excludes halogenated alkanes) is 1. The molecule has 1 rings (SSSR count). The van der Waals surface area contributed by atoms with E-state index in [0.29, 0.717) is 6.54 Å². The Hall–Kier alpha value is -1.24. The van der Waals surface area contributed by atoms with E-state index in [9.17, 15) is 9.59 Å². The summed E-state index contributed by atoms with van der Waals surface area (Å²) in [5, 5.41) is 2.22. The molecule has 0 aromatic carbocycles. The van der Waals surface area contributed by atoms with E-state index < -0.39 is 18.5 Å². The van der Waals surface area contributed by atoms with Gasteiger partial charge in [-0.2, -0.15) is 0 Å². The molecule has 1 aromatic rings. The molecule has 0 spiro atoms. The van der Waals surface area contributed by atoms with Gasteiger partial charge in [0, 0.05) is 6.54 Å². The summed E-state index contributed by atoms with van der Waals surface area (Å²) < 4.78 is 4.80. The standard InChI is InChI=1S/C12H14Cl3N3O3/c1-2-3-4-17-6(19)5-21-12(20)10-7(13)9(16)8(14)11(15)18-10/h2-5H2,1H3,(H2,16,18)(H,17,19). The molecule has 1 aromatic heterocycles. The molecule has 1 amide bonds. The number of amides is 1. The van der Waals surface area contributed by atoms with Crippen molar-refractivity contribution in [3.63, 3.8) is 0 Å². The Labute approximate surface area is 136 Å². The zero-order valence-corrected chi connectivity index (χ0v) is 13.5. The molecule has 0 atom stereocenters. The summed E-state index contributed by atoms with van der Waals surface area (Å²) in [6.07, 6.45) is 1.79. The van der Waals surface area contributed by atoms with Gasteiger partial charge in [0.15, 0.2) is 17.5 Å². The van der Waals surface area contributed by atoms with Crippen LogP contribution in [0, 0.1) is 0 Å². The van der Waals surface area contributed by atoms with Gasteiger partial charge < -0.3 is 15.8 Å². The minimum atomic E-state index is -0.907. The zero-order chi connectivity index (χ0) is 16.0. The van der Waals surface area contributed by atoms with Gasteiger partial charge in [-0.3, -0.25) is 4.79 Å². The SMILES string of the molecule is CCCCNC(=O)COC(=O)c1nc(Cl)c(Cl)c(N)c1Cl. The van der Waals surface area contributed by atoms with Crippen LogP contribution in [0.5, 0.6) is 0 Å². The molecule has 116 valence electrons. The van der Waals surface area contributed by atoms with Gasteiger partial charge in [-0.1, -0.05) is 48.1 Å². The Morgan fingerprint density at radius 3 is 2.57 bits per heavy atom. The Morgan fingerprint density at radius 1 is 1.29 bits per heavy atom. The number of aromatic nitrogens is 1. The molecule has 21 heavy (non-hydrogen) atoms. The molecule has 1 heterocycles. The summed E-state index contributed by atoms with van der Waals surface area (Å²) in [5.41, 5.74) is 5.22. The van der Waals surface area contributed by atoms with Crippen LogP contribution in [0.1, 0.15) is 30.3 Å². The predicted molar refractivity (Wildman–Crippen MR) is 81.9 cm³/mol. The van der Waals surface area contributed by atoms with Crippen LogP contribution in [0.25, 0.3) is 0 Å². The van der Waals surface area contributed by atoms with Gasteiger partial charge in [-0.25, -0.2) is 9.78 Å². The molecule has 0 aliphatic rings. The lowest BCUT2D eigenvalue weighted by atomic mass is 10.3. The molecule has 3 N–H and O–H groups in total. The molecule has 0 aliphatic heterocycles. The molecule has 0 saturated carbocycles. The molecule has 0 radical (unpaired) electrons. The molecule has 0 fully saturated rings. The van der Waals surface area contributed by atoms with Crippen molar-refractivity contribution in [2.24, 2.45) is 0 Å². The average Bonchev–Trinajstić information content (AvgIpc) is 2.46. The van der Waals surface area contributed by atoms with E-state index in [2.05, 4.69) is 10.3 Å². The number of nitrogens with zero attached hydrogens (tertiary/aromatic N) is 1. The highest BCUT2D eigenvalue weighted by Crippen LogP contribution is 2.34. The maximum absolute atomic E-state index is 11.8. The molecular formula is C12H14Cl3N3O3. The summed E-state index contributed by atoms with van der Waals surface area (Å²) in [4.78, 5) is 26.9. The highest BCUT2D eigenvalue weighted by atomic mass is 35.5. The van der Waals surface area contributed by atoms with Gasteiger partial charge in [0.25, 0.3) is 5.91 Å². The van der Waals surface area contributed by atoms with Gasteiger partial charge in [-0.05, 0) is 6.42 Å². The third kappa shape index (κ3) is 4.91. The lowest BCUT2D eigenvalue weighted by molar-refractivity contribution is -0.124. The Morgan fingerprint density at radius 2 is 1.95 bits per heavy atom. The van der Waals surface area contributed by atoms with Crippen LogP contribution in [0.15, 0.2) is 0 Å². The number of halogens is 3. The first-order valence-electron chi connectivity index (χ1n) is 6.12. The van der Waals surface area contributed by atoms with Crippen LogP contribution in [-0.2, 0) is 9.53 Å². The number of pyridine rings is 1. The van der Waals surface area contributed by atoms with Crippen molar-refractivity contribution in [2.75, 3.05) is 18.9 Å². The normalized spacial score (nSPS) is 10.3. The molecule has 0 bridgehead atoms.